The summed E-state index contributed by atoms with van der Waals surface area (Å²) in [5.41, 5.74) is 0. The molecule has 0 amide bonds. The van der Waals surface area contributed by atoms with E-state index in [4.69, 9.17) is 19.8 Å². The van der Waals surface area contributed by atoms with Crippen molar-refractivity contribution in [1.29, 1.82) is 0 Å². The number of aliphatic carboxylic acids is 1. The molecule has 0 fully saturated rings. The Kier molecular flexibility index (Phi) is 38.9. The number of carboxylic acid groups (broad SMARTS) is 2. The van der Waals surface area contributed by atoms with E-state index in [1.807, 2.05) is 0 Å². The van der Waals surface area contributed by atoms with Crippen LogP contribution in [0.1, 0.15) is 0 Å². The van der Waals surface area contributed by atoms with E-state index < -0.39 is 9.19 Å². The maximum Gasteiger partial charge on any atom is 1.00 e. The predicted molar refractivity (Wildman–Crippen MR) is 21.5 cm³/mol. The Morgan fingerprint density at radius 1 is 1.20 bits per heavy atom. The zero-order valence-corrected chi connectivity index (χ0v) is 12.3. The van der Waals surface area contributed by atoms with Gasteiger partial charge in [-0.3, -0.25) is 0 Å². The molecule has 0 saturated carbocycles. The van der Waals surface area contributed by atoms with Crippen molar-refractivity contribution in [2.24, 2.45) is 0 Å². The molecule has 0 spiro atoms. The molecule has 0 aliphatic carbocycles. The summed E-state index contributed by atoms with van der Waals surface area (Å²) in [6.07, 6.45) is 0. The van der Waals surface area contributed by atoms with E-state index in [1.165, 1.54) is 0 Å². The molecule has 0 aromatic carbocycles. The largest absolute Gasteiger partial charge is 1.00 e. The van der Waals surface area contributed by atoms with Gasteiger partial charge < -0.3 is 9.90 Å². The van der Waals surface area contributed by atoms with E-state index in [9.17, 15) is 0 Å². The van der Waals surface area contributed by atoms with Crippen LogP contribution in [0.5, 0.6) is 0 Å². The Hall–Kier alpha value is 1.94. The van der Waals surface area contributed by atoms with Crippen molar-refractivity contribution in [3.8, 4) is 0 Å². The molecule has 10 heavy (non-hydrogen) atoms. The van der Waals surface area contributed by atoms with E-state index in [0.29, 0.717) is 0 Å². The molecule has 0 rings (SSSR count). The standard InChI is InChI=1S/C2H3O2.CO2.3Na/c1-2(3)4;2-1-3;;;/h1H2,(H,3,4);;;;/q;-1;;2*+1/p-1. The Labute approximate surface area is 121 Å². The zero-order chi connectivity index (χ0) is 7.15. The summed E-state index contributed by atoms with van der Waals surface area (Å²) in [5, 5.41) is 17.7. The van der Waals surface area contributed by atoms with Gasteiger partial charge in [-0.15, -0.1) is 0 Å². The first kappa shape index (κ1) is 22.7. The molecule has 0 aromatic rings. The molecule has 41 valence electrons. The molecule has 0 unspecified atom stereocenters. The van der Waals surface area contributed by atoms with Crippen molar-refractivity contribution in [1.82, 2.24) is 0 Å². The van der Waals surface area contributed by atoms with Crippen LogP contribution in [0.4, 0.5) is 4.79 Å². The van der Waals surface area contributed by atoms with E-state index in [-0.39, 0.29) is 87.0 Å². The van der Waals surface area contributed by atoms with Crippen molar-refractivity contribution in [2.45, 2.75) is 0 Å². The van der Waals surface area contributed by atoms with Gasteiger partial charge in [-0.1, -0.05) is 0 Å². The van der Waals surface area contributed by atoms with Crippen LogP contribution in [0.2, 0.25) is 0 Å². The monoisotopic (exact) mass is 171 g/mol. The number of hydrogen-bond donors (Lipinski definition) is 0. The smallest absolute Gasteiger partial charge is 0.550 e. The summed E-state index contributed by atoms with van der Waals surface area (Å²) in [4.78, 5) is 17.7. The van der Waals surface area contributed by atoms with Crippen LogP contribution in [0.25, 0.3) is 0 Å². The third kappa shape index (κ3) is 211. The molecule has 0 heterocycles. The maximum absolute atomic E-state index is 8.95. The quantitative estimate of drug-likeness (QED) is 0.339. The fourth-order valence-electron chi connectivity index (χ4n) is 0. The second-order valence-electron chi connectivity index (χ2n) is 0.864. The zero-order valence-electron chi connectivity index (χ0n) is 6.34. The molecule has 1 radical (unpaired) electrons. The van der Waals surface area contributed by atoms with Crippen molar-refractivity contribution >= 4 is 37.1 Å². The first-order chi connectivity index (χ1) is 3.46. The summed E-state index contributed by atoms with van der Waals surface area (Å²) >= 11 is 0.154. The van der Waals surface area contributed by atoms with Crippen LogP contribution in [-0.2, 0) is 4.79 Å². The SMILES string of the molecule is O=[C]([O-])[Na].[CH2]C(=O)[O-].[Na+].[Na+]. The topological polar surface area (TPSA) is 80.3 Å². The number of carbonyl (C=O) groups excluding carboxylic acids is 2. The second kappa shape index (κ2) is 17.1. The van der Waals surface area contributed by atoms with Gasteiger partial charge in [0.1, 0.15) is 0 Å². The van der Waals surface area contributed by atoms with Crippen LogP contribution in [0.3, 0.4) is 0 Å². The molecule has 4 nitrogen and oxygen atoms in total. The Balaban J connectivity index is -0.0000000300. The molecule has 7 heteroatoms. The van der Waals surface area contributed by atoms with E-state index in [0.717, 1.165) is 0 Å². The van der Waals surface area contributed by atoms with Crippen molar-refractivity contribution in [3.05, 3.63) is 6.92 Å². The molecule has 0 bridgehead atoms. The van der Waals surface area contributed by atoms with Crippen molar-refractivity contribution < 1.29 is 78.9 Å². The summed E-state index contributed by atoms with van der Waals surface area (Å²) in [7, 11) is 0. The molecule has 0 saturated heterocycles. The molecule has 0 N–H and O–H groups in total. The normalized spacial score (nSPS) is 5.10. The molecular formula is C3H2Na3O4. The minimum Gasteiger partial charge on any atom is -0.550 e. The Bertz CT molecular complexity index is 73.7. The van der Waals surface area contributed by atoms with Gasteiger partial charge in [-0.2, -0.15) is 0 Å². The third-order valence-corrected chi connectivity index (χ3v) is 0. The van der Waals surface area contributed by atoms with Crippen molar-refractivity contribution in [2.75, 3.05) is 0 Å². The summed E-state index contributed by atoms with van der Waals surface area (Å²) in [6.45, 7) is 2.44. The number of hydrogen-bond acceptors (Lipinski definition) is 4. The molecular weight excluding hydrogens is 169 g/mol. The molecule has 0 aliphatic rings. The van der Waals surface area contributed by atoms with Gasteiger partial charge >= 0.3 is 100 Å². The van der Waals surface area contributed by atoms with Gasteiger partial charge in [0.25, 0.3) is 0 Å². The minimum atomic E-state index is -1.33. The van der Waals surface area contributed by atoms with Crippen LogP contribution in [-0.4, -0.2) is 37.1 Å². The summed E-state index contributed by atoms with van der Waals surface area (Å²) < 4.78 is -0.944. The molecule has 0 aliphatic heterocycles. The van der Waals surface area contributed by atoms with Crippen LogP contribution in [0, 0.1) is 6.92 Å². The van der Waals surface area contributed by atoms with Crippen LogP contribution >= 0.6 is 0 Å². The van der Waals surface area contributed by atoms with Gasteiger partial charge in [0.15, 0.2) is 0 Å². The first-order valence-corrected chi connectivity index (χ1v) is 2.67. The average Bonchev–Trinajstić information content (AvgIpc) is 1.25. The van der Waals surface area contributed by atoms with Crippen molar-refractivity contribution in [3.63, 3.8) is 0 Å². The maximum atomic E-state index is 8.95. The summed E-state index contributed by atoms with van der Waals surface area (Å²) in [6, 6.07) is 0. The fourth-order valence-corrected chi connectivity index (χ4v) is 0. The van der Waals surface area contributed by atoms with E-state index in [1.54, 1.807) is 0 Å². The van der Waals surface area contributed by atoms with E-state index in [2.05, 4.69) is 6.92 Å². The number of carbonyl (C=O) groups is 2. The first-order valence-electron chi connectivity index (χ1n) is 1.67. The summed E-state index contributed by atoms with van der Waals surface area (Å²) in [5.74, 6) is -1.33. The Morgan fingerprint density at radius 2 is 1.20 bits per heavy atom. The average molecular weight is 171 g/mol. The van der Waals surface area contributed by atoms with Gasteiger partial charge in [-0.05, 0) is 6.92 Å². The van der Waals surface area contributed by atoms with Crippen LogP contribution < -0.4 is 69.3 Å². The van der Waals surface area contributed by atoms with E-state index >= 15 is 0 Å². The fraction of sp³-hybridized carbons (Fsp3) is 0. The second-order valence-corrected chi connectivity index (χ2v) is 1.68. The predicted octanol–water partition coefficient (Wildman–Crippen LogP) is -8.92. The minimum absolute atomic E-state index is 0. The van der Waals surface area contributed by atoms with Crippen LogP contribution in [0.15, 0.2) is 0 Å². The number of carboxylic acids is 1. The molecule has 0 atom stereocenters. The molecule has 0 aromatic heterocycles. The van der Waals surface area contributed by atoms with Gasteiger partial charge in [0, 0.05) is 5.97 Å². The van der Waals surface area contributed by atoms with Gasteiger partial charge in [0.2, 0.25) is 0 Å². The van der Waals surface area contributed by atoms with Gasteiger partial charge in [0.05, 0.1) is 0 Å². The third-order valence-electron chi connectivity index (χ3n) is 0. The number of rotatable bonds is 0. The Morgan fingerprint density at radius 3 is 1.20 bits per heavy atom. The van der Waals surface area contributed by atoms with Gasteiger partial charge in [-0.25, -0.2) is 0 Å².